The van der Waals surface area contributed by atoms with Gasteiger partial charge in [-0.1, -0.05) is 6.07 Å². The quantitative estimate of drug-likeness (QED) is 0.548. The smallest absolute Gasteiger partial charge is 0.402 e. The predicted octanol–water partition coefficient (Wildman–Crippen LogP) is 2.74. The van der Waals surface area contributed by atoms with Crippen LogP contribution in [0.25, 0.3) is 0 Å². The van der Waals surface area contributed by atoms with Crippen LogP contribution in [0.3, 0.4) is 0 Å². The number of anilines is 3. The second kappa shape index (κ2) is 9.97. The molecule has 3 N–H and O–H groups in total. The van der Waals surface area contributed by atoms with E-state index < -0.39 is 11.7 Å². The van der Waals surface area contributed by atoms with E-state index in [0.717, 1.165) is 37.6 Å². The lowest BCUT2D eigenvalue weighted by Gasteiger charge is -2.34. The van der Waals surface area contributed by atoms with Gasteiger partial charge in [0.25, 0.3) is 5.56 Å². The van der Waals surface area contributed by atoms with Gasteiger partial charge in [0.05, 0.1) is 17.9 Å². The molecule has 1 fully saturated rings. The molecule has 1 amide bonds. The Morgan fingerprint density at radius 1 is 1.09 bits per heavy atom. The van der Waals surface area contributed by atoms with E-state index in [2.05, 4.69) is 37.4 Å². The molecular formula is C23H26N6O3. The third kappa shape index (κ3) is 5.44. The van der Waals surface area contributed by atoms with Crippen molar-refractivity contribution in [2.24, 2.45) is 0 Å². The van der Waals surface area contributed by atoms with Crippen LogP contribution in [0.15, 0.2) is 65.7 Å². The van der Waals surface area contributed by atoms with Gasteiger partial charge in [0, 0.05) is 49.9 Å². The van der Waals surface area contributed by atoms with Crippen LogP contribution in [-0.4, -0.2) is 54.2 Å². The van der Waals surface area contributed by atoms with Crippen molar-refractivity contribution in [3.05, 3.63) is 77.0 Å². The monoisotopic (exact) mass is 434 g/mol. The lowest BCUT2D eigenvalue weighted by atomic mass is 10.2. The van der Waals surface area contributed by atoms with Crippen molar-refractivity contribution in [2.75, 3.05) is 48.8 Å². The van der Waals surface area contributed by atoms with E-state index in [1.807, 2.05) is 42.5 Å². The van der Waals surface area contributed by atoms with Crippen LogP contribution in [0.5, 0.6) is 5.75 Å². The molecule has 0 bridgehead atoms. The number of piperazine rings is 1. The van der Waals surface area contributed by atoms with Crippen molar-refractivity contribution < 1.29 is 9.53 Å². The number of carbonyl (C=O) groups is 1. The Kier molecular flexibility index (Phi) is 6.66. The second-order valence-corrected chi connectivity index (χ2v) is 7.58. The molecule has 0 unspecified atom stereocenters. The molecule has 1 aromatic carbocycles. The highest BCUT2D eigenvalue weighted by Crippen LogP contribution is 2.22. The van der Waals surface area contributed by atoms with Crippen LogP contribution >= 0.6 is 0 Å². The molecule has 2 aromatic heterocycles. The summed E-state index contributed by atoms with van der Waals surface area (Å²) in [5.74, 6) is -0.102. The van der Waals surface area contributed by atoms with E-state index in [1.54, 1.807) is 12.3 Å². The number of likely N-dealkylation sites (N-methyl/N-ethyl adjacent to an activating group) is 1. The number of nitrogens with one attached hydrogen (secondary N) is 3. The number of pyridine rings is 2. The molecule has 4 rings (SSSR count). The normalized spacial score (nSPS) is 14.1. The fraction of sp³-hybridized carbons (Fsp3) is 0.261. The van der Waals surface area contributed by atoms with E-state index in [9.17, 15) is 9.59 Å². The minimum Gasteiger partial charge on any atom is -0.402 e. The molecule has 0 aliphatic carbocycles. The molecule has 1 aliphatic rings. The first-order chi connectivity index (χ1) is 15.6. The van der Waals surface area contributed by atoms with Crippen LogP contribution in [0.1, 0.15) is 5.69 Å². The van der Waals surface area contributed by atoms with Crippen LogP contribution < -0.4 is 25.8 Å². The van der Waals surface area contributed by atoms with E-state index >= 15 is 0 Å². The fourth-order valence-corrected chi connectivity index (χ4v) is 3.45. The van der Waals surface area contributed by atoms with Crippen LogP contribution in [0, 0.1) is 0 Å². The number of H-pyrrole nitrogens is 1. The van der Waals surface area contributed by atoms with Gasteiger partial charge < -0.3 is 24.8 Å². The highest BCUT2D eigenvalue weighted by atomic mass is 16.6. The summed E-state index contributed by atoms with van der Waals surface area (Å²) < 4.78 is 5.33. The number of ether oxygens (including phenoxy) is 1. The predicted molar refractivity (Wildman–Crippen MR) is 124 cm³/mol. The molecular weight excluding hydrogens is 408 g/mol. The summed E-state index contributed by atoms with van der Waals surface area (Å²) in [6.45, 7) is 4.37. The molecule has 0 spiro atoms. The number of aromatic nitrogens is 2. The Labute approximate surface area is 186 Å². The SMILES string of the molecule is CN1CCN(c2ccc(NC(=O)Oc3c(NCc4ccccn4)cc[nH]c3=O)cc2)CC1. The molecule has 0 radical (unpaired) electrons. The summed E-state index contributed by atoms with van der Waals surface area (Å²) in [4.78, 5) is 36.1. The van der Waals surface area contributed by atoms with Gasteiger partial charge in [-0.3, -0.25) is 15.1 Å². The van der Waals surface area contributed by atoms with Crippen LogP contribution in [0.4, 0.5) is 21.9 Å². The maximum Gasteiger partial charge on any atom is 0.417 e. The van der Waals surface area contributed by atoms with Gasteiger partial charge >= 0.3 is 6.09 Å². The molecule has 0 saturated carbocycles. The fourth-order valence-electron chi connectivity index (χ4n) is 3.45. The summed E-state index contributed by atoms with van der Waals surface area (Å²) in [5, 5.41) is 5.77. The van der Waals surface area contributed by atoms with Crippen molar-refractivity contribution in [3.8, 4) is 5.75 Å². The summed E-state index contributed by atoms with van der Waals surface area (Å²) in [7, 11) is 2.12. The number of amides is 1. The zero-order valence-electron chi connectivity index (χ0n) is 17.9. The largest absolute Gasteiger partial charge is 0.417 e. The van der Waals surface area contributed by atoms with Gasteiger partial charge in [0.15, 0.2) is 0 Å². The van der Waals surface area contributed by atoms with Crippen LogP contribution in [-0.2, 0) is 6.54 Å². The van der Waals surface area contributed by atoms with Gasteiger partial charge in [-0.05, 0) is 49.5 Å². The number of benzene rings is 1. The number of hydrogen-bond donors (Lipinski definition) is 3. The topological polar surface area (TPSA) is 103 Å². The van der Waals surface area contributed by atoms with Crippen molar-refractivity contribution in [3.63, 3.8) is 0 Å². The number of carbonyl (C=O) groups excluding carboxylic acids is 1. The Balaban J connectivity index is 1.38. The number of nitrogens with zero attached hydrogens (tertiary/aromatic N) is 3. The molecule has 32 heavy (non-hydrogen) atoms. The maximum atomic E-state index is 12.4. The second-order valence-electron chi connectivity index (χ2n) is 7.58. The zero-order valence-corrected chi connectivity index (χ0v) is 17.9. The molecule has 166 valence electrons. The van der Waals surface area contributed by atoms with E-state index in [4.69, 9.17) is 4.74 Å². The molecule has 9 nitrogen and oxygen atoms in total. The third-order valence-electron chi connectivity index (χ3n) is 5.28. The average Bonchev–Trinajstić information content (AvgIpc) is 2.81. The number of rotatable bonds is 6. The Morgan fingerprint density at radius 2 is 1.88 bits per heavy atom. The van der Waals surface area contributed by atoms with E-state index in [0.29, 0.717) is 17.9 Å². The maximum absolute atomic E-state index is 12.4. The first-order valence-electron chi connectivity index (χ1n) is 10.5. The zero-order chi connectivity index (χ0) is 22.3. The van der Waals surface area contributed by atoms with Gasteiger partial charge in [0.1, 0.15) is 0 Å². The van der Waals surface area contributed by atoms with Gasteiger partial charge in [0.2, 0.25) is 5.75 Å². The molecule has 0 atom stereocenters. The minimum atomic E-state index is -0.741. The summed E-state index contributed by atoms with van der Waals surface area (Å²) in [6.07, 6.45) is 2.44. The lowest BCUT2D eigenvalue weighted by Crippen LogP contribution is -2.44. The Bertz CT molecular complexity index is 1090. The third-order valence-corrected chi connectivity index (χ3v) is 5.28. The van der Waals surface area contributed by atoms with Crippen molar-refractivity contribution in [2.45, 2.75) is 6.54 Å². The van der Waals surface area contributed by atoms with Crippen molar-refractivity contribution in [1.29, 1.82) is 0 Å². The van der Waals surface area contributed by atoms with Gasteiger partial charge in [-0.2, -0.15) is 0 Å². The standard InChI is InChI=1S/C23H26N6O3/c1-28-12-14-29(15-13-28)19-7-5-17(6-8-19)27-23(31)32-21-20(9-11-25-22(21)30)26-16-18-4-2-3-10-24-18/h2-11H,12-16H2,1H3,(H,27,31)(H2,25,26,30). The van der Waals surface area contributed by atoms with E-state index in [-0.39, 0.29) is 5.75 Å². The van der Waals surface area contributed by atoms with Crippen molar-refractivity contribution >= 4 is 23.2 Å². The average molecular weight is 435 g/mol. The van der Waals surface area contributed by atoms with Gasteiger partial charge in [-0.15, -0.1) is 0 Å². The molecule has 3 aromatic rings. The molecule has 1 aliphatic heterocycles. The molecule has 1 saturated heterocycles. The molecule has 9 heteroatoms. The Morgan fingerprint density at radius 3 is 2.59 bits per heavy atom. The highest BCUT2D eigenvalue weighted by Gasteiger charge is 2.16. The number of aromatic amines is 1. The first-order valence-corrected chi connectivity index (χ1v) is 10.5. The first kappa shape index (κ1) is 21.4. The van der Waals surface area contributed by atoms with E-state index in [1.165, 1.54) is 6.20 Å². The van der Waals surface area contributed by atoms with Gasteiger partial charge in [-0.25, -0.2) is 4.79 Å². The summed E-state index contributed by atoms with van der Waals surface area (Å²) in [5.41, 5.74) is 2.39. The summed E-state index contributed by atoms with van der Waals surface area (Å²) in [6, 6.07) is 14.8. The van der Waals surface area contributed by atoms with Crippen molar-refractivity contribution in [1.82, 2.24) is 14.9 Å². The highest BCUT2D eigenvalue weighted by molar-refractivity contribution is 5.87. The number of hydrogen-bond acceptors (Lipinski definition) is 7. The lowest BCUT2D eigenvalue weighted by molar-refractivity contribution is 0.214. The Hall–Kier alpha value is -3.85. The molecule has 3 heterocycles. The van der Waals surface area contributed by atoms with Crippen LogP contribution in [0.2, 0.25) is 0 Å². The summed E-state index contributed by atoms with van der Waals surface area (Å²) >= 11 is 0. The minimum absolute atomic E-state index is 0.102.